The van der Waals surface area contributed by atoms with Crippen molar-refractivity contribution in [3.63, 3.8) is 0 Å². The number of hydrogen-bond donors (Lipinski definition) is 0. The van der Waals surface area contributed by atoms with Gasteiger partial charge in [-0.15, -0.1) is 0 Å². The van der Waals surface area contributed by atoms with Gasteiger partial charge in [-0.25, -0.2) is 8.78 Å². The van der Waals surface area contributed by atoms with Crippen LogP contribution < -0.4 is 4.74 Å². The summed E-state index contributed by atoms with van der Waals surface area (Å²) in [7, 11) is 0. The van der Waals surface area contributed by atoms with Crippen molar-refractivity contribution in [3.8, 4) is 5.75 Å². The van der Waals surface area contributed by atoms with Gasteiger partial charge in [0.15, 0.2) is 0 Å². The molecule has 2 bridgehead atoms. The van der Waals surface area contributed by atoms with Crippen molar-refractivity contribution in [2.45, 2.75) is 18.8 Å². The molecule has 6 heteroatoms. The largest absolute Gasteiger partial charge is 0.489 e. The molecule has 5 unspecified atom stereocenters. The van der Waals surface area contributed by atoms with Crippen LogP contribution in [0.2, 0.25) is 0 Å². The highest BCUT2D eigenvalue weighted by atomic mass is 19.3. The molecule has 3 fully saturated rings. The van der Waals surface area contributed by atoms with Crippen LogP contribution in [0.3, 0.4) is 0 Å². The Bertz CT molecular complexity index is 866. The topological polar surface area (TPSA) is 48.4 Å². The third kappa shape index (κ3) is 2.31. The minimum atomic E-state index is -2.55. The molecule has 0 aliphatic heterocycles. The number of para-hydroxylation sites is 1. The Balaban J connectivity index is 1.15. The minimum absolute atomic E-state index is 0.00279. The lowest BCUT2D eigenvalue weighted by Gasteiger charge is -2.19. The molecule has 5 atom stereocenters. The SMILES string of the molecule is O=C(OCCOc1ccnc2ccccc12)C1CC2CC1C1C2C1(F)F. The first-order valence-electron chi connectivity index (χ1n) is 9.08. The summed E-state index contributed by atoms with van der Waals surface area (Å²) in [5, 5.41) is 0.899. The lowest BCUT2D eigenvalue weighted by Crippen LogP contribution is -2.26. The monoisotopic (exact) mass is 359 g/mol. The lowest BCUT2D eigenvalue weighted by atomic mass is 9.89. The fourth-order valence-corrected chi connectivity index (χ4v) is 5.20. The molecule has 1 aromatic heterocycles. The molecule has 26 heavy (non-hydrogen) atoms. The number of halogens is 2. The fraction of sp³-hybridized carbons (Fsp3) is 0.500. The van der Waals surface area contributed by atoms with Crippen molar-refractivity contribution >= 4 is 16.9 Å². The van der Waals surface area contributed by atoms with Crippen LogP contribution in [0.5, 0.6) is 5.75 Å². The zero-order valence-corrected chi connectivity index (χ0v) is 14.1. The van der Waals surface area contributed by atoms with E-state index in [0.29, 0.717) is 12.2 Å². The Hall–Kier alpha value is -2.24. The summed E-state index contributed by atoms with van der Waals surface area (Å²) < 4.78 is 38.4. The number of esters is 1. The molecule has 2 aromatic rings. The van der Waals surface area contributed by atoms with Crippen molar-refractivity contribution in [2.75, 3.05) is 13.2 Å². The Morgan fingerprint density at radius 1 is 1.15 bits per heavy atom. The number of alkyl halides is 2. The number of carbonyl (C=O) groups excluding carboxylic acids is 1. The normalized spacial score (nSPS) is 33.1. The molecule has 3 aliphatic carbocycles. The van der Waals surface area contributed by atoms with Gasteiger partial charge in [0.1, 0.15) is 19.0 Å². The van der Waals surface area contributed by atoms with Gasteiger partial charge in [-0.05, 0) is 42.9 Å². The van der Waals surface area contributed by atoms with E-state index in [1.54, 1.807) is 12.3 Å². The molecule has 0 spiro atoms. The molecular weight excluding hydrogens is 340 g/mol. The first-order valence-corrected chi connectivity index (χ1v) is 9.08. The number of aromatic nitrogens is 1. The molecular formula is C20H19F2NO3. The molecule has 3 saturated carbocycles. The summed E-state index contributed by atoms with van der Waals surface area (Å²) in [4.78, 5) is 16.6. The van der Waals surface area contributed by atoms with Crippen LogP contribution in [0.1, 0.15) is 12.8 Å². The second-order valence-corrected chi connectivity index (χ2v) is 7.57. The van der Waals surface area contributed by atoms with E-state index in [2.05, 4.69) is 4.98 Å². The van der Waals surface area contributed by atoms with Crippen LogP contribution in [-0.2, 0) is 9.53 Å². The number of carbonyl (C=O) groups is 1. The van der Waals surface area contributed by atoms with E-state index >= 15 is 0 Å². The predicted octanol–water partition coefficient (Wildman–Crippen LogP) is 3.69. The van der Waals surface area contributed by atoms with Crippen LogP contribution in [0.15, 0.2) is 36.5 Å². The maximum Gasteiger partial charge on any atom is 0.309 e. The second-order valence-electron chi connectivity index (χ2n) is 7.57. The van der Waals surface area contributed by atoms with Gasteiger partial charge in [0, 0.05) is 23.4 Å². The van der Waals surface area contributed by atoms with Crippen molar-refractivity contribution in [3.05, 3.63) is 36.5 Å². The summed E-state index contributed by atoms with van der Waals surface area (Å²) in [6.45, 7) is 0.344. The number of pyridine rings is 1. The number of fused-ring (bicyclic) bond motifs is 6. The molecule has 4 nitrogen and oxygen atoms in total. The zero-order valence-electron chi connectivity index (χ0n) is 14.1. The Kier molecular flexibility index (Phi) is 3.46. The summed E-state index contributed by atoms with van der Waals surface area (Å²) in [6.07, 6.45) is 2.98. The summed E-state index contributed by atoms with van der Waals surface area (Å²) in [5.74, 6) is -3.83. The van der Waals surface area contributed by atoms with Gasteiger partial charge in [-0.2, -0.15) is 0 Å². The maximum absolute atomic E-state index is 13.7. The van der Waals surface area contributed by atoms with Gasteiger partial charge < -0.3 is 9.47 Å². The van der Waals surface area contributed by atoms with Crippen molar-refractivity contribution in [1.29, 1.82) is 0 Å². The quantitative estimate of drug-likeness (QED) is 0.603. The van der Waals surface area contributed by atoms with Crippen LogP contribution in [-0.4, -0.2) is 30.1 Å². The van der Waals surface area contributed by atoms with E-state index < -0.39 is 17.8 Å². The van der Waals surface area contributed by atoms with E-state index in [1.807, 2.05) is 24.3 Å². The van der Waals surface area contributed by atoms with Crippen molar-refractivity contribution < 1.29 is 23.0 Å². The predicted molar refractivity (Wildman–Crippen MR) is 89.8 cm³/mol. The van der Waals surface area contributed by atoms with E-state index in [4.69, 9.17) is 9.47 Å². The summed E-state index contributed by atoms with van der Waals surface area (Å²) in [6, 6.07) is 9.41. The number of hydrogen-bond acceptors (Lipinski definition) is 4. The third-order valence-electron chi connectivity index (χ3n) is 6.28. The zero-order chi connectivity index (χ0) is 17.9. The van der Waals surface area contributed by atoms with Gasteiger partial charge in [0.05, 0.1) is 11.4 Å². The number of benzene rings is 1. The van der Waals surface area contributed by atoms with E-state index in [0.717, 1.165) is 17.3 Å². The van der Waals surface area contributed by atoms with Crippen molar-refractivity contribution in [1.82, 2.24) is 4.98 Å². The third-order valence-corrected chi connectivity index (χ3v) is 6.28. The number of rotatable bonds is 5. The van der Waals surface area contributed by atoms with Crippen LogP contribution >= 0.6 is 0 Å². The molecule has 5 rings (SSSR count). The Morgan fingerprint density at radius 3 is 2.85 bits per heavy atom. The van der Waals surface area contributed by atoms with Gasteiger partial charge >= 0.3 is 5.97 Å². The highest BCUT2D eigenvalue weighted by molar-refractivity contribution is 5.84. The van der Waals surface area contributed by atoms with Crippen LogP contribution in [0, 0.1) is 29.6 Å². The Morgan fingerprint density at radius 2 is 2.00 bits per heavy atom. The molecule has 0 saturated heterocycles. The molecule has 1 heterocycles. The average Bonchev–Trinajstić information content (AvgIpc) is 2.99. The minimum Gasteiger partial charge on any atom is -0.489 e. The molecule has 1 aromatic carbocycles. The lowest BCUT2D eigenvalue weighted by molar-refractivity contribution is -0.151. The average molecular weight is 359 g/mol. The molecule has 0 N–H and O–H groups in total. The van der Waals surface area contributed by atoms with Crippen LogP contribution in [0.4, 0.5) is 8.78 Å². The number of ether oxygens (including phenoxy) is 2. The fourth-order valence-electron chi connectivity index (χ4n) is 5.20. The highest BCUT2D eigenvalue weighted by Crippen LogP contribution is 2.75. The Labute approximate surface area is 149 Å². The van der Waals surface area contributed by atoms with Gasteiger partial charge in [-0.3, -0.25) is 9.78 Å². The first-order chi connectivity index (χ1) is 12.6. The molecule has 3 aliphatic rings. The number of nitrogens with zero attached hydrogens (tertiary/aromatic N) is 1. The first kappa shape index (κ1) is 16.0. The van der Waals surface area contributed by atoms with Gasteiger partial charge in [-0.1, -0.05) is 12.1 Å². The molecule has 136 valence electrons. The summed E-state index contributed by atoms with van der Waals surface area (Å²) >= 11 is 0. The van der Waals surface area contributed by atoms with Crippen molar-refractivity contribution in [2.24, 2.45) is 29.6 Å². The van der Waals surface area contributed by atoms with E-state index in [9.17, 15) is 13.6 Å². The van der Waals surface area contributed by atoms with Gasteiger partial charge in [0.2, 0.25) is 0 Å². The van der Waals surface area contributed by atoms with Gasteiger partial charge in [0.25, 0.3) is 5.92 Å². The van der Waals surface area contributed by atoms with Crippen LogP contribution in [0.25, 0.3) is 10.9 Å². The van der Waals surface area contributed by atoms with E-state index in [1.165, 1.54) is 0 Å². The maximum atomic E-state index is 13.7. The standard InChI is InChI=1S/C20H19F2NO3/c21-20(22)17-11-9-13(18(17)20)14(10-11)19(24)26-8-7-25-16-5-6-23-15-4-2-1-3-12(15)16/h1-6,11,13-14,17-18H,7-10H2. The second kappa shape index (κ2) is 5.63. The molecule has 0 radical (unpaired) electrons. The van der Waals surface area contributed by atoms with E-state index in [-0.39, 0.29) is 36.9 Å². The smallest absolute Gasteiger partial charge is 0.309 e. The highest BCUT2D eigenvalue weighted by Gasteiger charge is 2.80. The summed E-state index contributed by atoms with van der Waals surface area (Å²) in [5.41, 5.74) is 0.837. The molecule has 0 amide bonds.